The Labute approximate surface area is 190 Å². The summed E-state index contributed by atoms with van der Waals surface area (Å²) in [6.07, 6.45) is 3.47. The third-order valence-electron chi connectivity index (χ3n) is 5.03. The van der Waals surface area contributed by atoms with Gasteiger partial charge in [-0.15, -0.1) is 0 Å². The summed E-state index contributed by atoms with van der Waals surface area (Å²) in [6, 6.07) is 13.0. The van der Waals surface area contributed by atoms with Crippen LogP contribution in [0.25, 0.3) is 11.1 Å². The van der Waals surface area contributed by atoms with Gasteiger partial charge in [-0.05, 0) is 72.1 Å². The predicted octanol–water partition coefficient (Wildman–Crippen LogP) is 7.40. The van der Waals surface area contributed by atoms with E-state index in [4.69, 9.17) is 4.74 Å². The number of benzene rings is 2. The first-order valence-corrected chi connectivity index (χ1v) is 11.4. The number of ether oxygens (including phenoxy) is 1. The fourth-order valence-corrected chi connectivity index (χ4v) is 3.23. The zero-order chi connectivity index (χ0) is 23.8. The Hall–Kier alpha value is -2.29. The molecule has 0 bridgehead atoms. The van der Waals surface area contributed by atoms with Gasteiger partial charge in [-0.3, -0.25) is 4.79 Å². The minimum Gasteiger partial charge on any atom is -0.469 e. The number of esters is 1. The van der Waals surface area contributed by atoms with E-state index in [1.54, 1.807) is 0 Å². The van der Waals surface area contributed by atoms with Gasteiger partial charge in [0.2, 0.25) is 0 Å². The van der Waals surface area contributed by atoms with Gasteiger partial charge in [0, 0.05) is 19.8 Å². The minimum atomic E-state index is -0.310. The third kappa shape index (κ3) is 8.77. The number of methoxy groups -OCH3 is 1. The molecule has 0 saturated carbocycles. The van der Waals surface area contributed by atoms with E-state index in [1.807, 2.05) is 21.0 Å². The maximum Gasteiger partial charge on any atom is 0.312 e. The van der Waals surface area contributed by atoms with E-state index in [0.29, 0.717) is 5.41 Å². The summed E-state index contributed by atoms with van der Waals surface area (Å²) in [5.74, 6) is -0.518. The van der Waals surface area contributed by atoms with Crippen molar-refractivity contribution in [3.63, 3.8) is 0 Å². The highest BCUT2D eigenvalue weighted by atomic mass is 16.5. The molecule has 0 spiro atoms. The molecule has 0 saturated heterocycles. The highest BCUT2D eigenvalue weighted by Gasteiger charge is 2.21. The van der Waals surface area contributed by atoms with E-state index < -0.39 is 0 Å². The molecule has 2 rings (SSSR count). The van der Waals surface area contributed by atoms with Gasteiger partial charge in [0.15, 0.2) is 0 Å². The molecule has 31 heavy (non-hydrogen) atoms. The number of rotatable bonds is 7. The van der Waals surface area contributed by atoms with E-state index in [2.05, 4.69) is 82.8 Å². The topological polar surface area (TPSA) is 29.5 Å². The smallest absolute Gasteiger partial charge is 0.312 e. The van der Waals surface area contributed by atoms with Crippen molar-refractivity contribution in [3.05, 3.63) is 53.1 Å². The van der Waals surface area contributed by atoms with Crippen molar-refractivity contribution in [1.82, 2.24) is 0 Å². The van der Waals surface area contributed by atoms with Crippen LogP contribution >= 0.6 is 0 Å². The van der Waals surface area contributed by atoms with Crippen LogP contribution in [0, 0.1) is 12.3 Å². The Morgan fingerprint density at radius 1 is 1.06 bits per heavy atom. The number of hydrogen-bond donors (Lipinski definition) is 0. The second kappa shape index (κ2) is 11.9. The number of anilines is 1. The van der Waals surface area contributed by atoms with Crippen molar-refractivity contribution in [2.24, 2.45) is 5.41 Å². The lowest BCUT2D eigenvalue weighted by atomic mass is 9.89. The summed E-state index contributed by atoms with van der Waals surface area (Å²) in [6.45, 7) is 15.0. The van der Waals surface area contributed by atoms with Crippen molar-refractivity contribution < 1.29 is 9.53 Å². The molecule has 0 fully saturated rings. The van der Waals surface area contributed by atoms with Crippen LogP contribution in [0.3, 0.4) is 0 Å². The average molecular weight is 426 g/mol. The molecular weight excluding hydrogens is 382 g/mol. The lowest BCUT2D eigenvalue weighted by Crippen LogP contribution is -2.14. The zero-order valence-electron chi connectivity index (χ0n) is 21.4. The van der Waals surface area contributed by atoms with E-state index in [-0.39, 0.29) is 11.9 Å². The standard InChI is InChI=1S/C23H31NO2.C5H12/c1-7-8-9-18-14-19(11-10-16(18)2)21-13-12-20(24(4)5)15-22(21)17(3)23(25)26-6;1-5(2,3)4/h10-15,17H,7-9H2,1-6H3;1-4H3. The molecule has 0 aliphatic carbocycles. The lowest BCUT2D eigenvalue weighted by Gasteiger charge is -2.20. The maximum absolute atomic E-state index is 12.2. The molecule has 0 N–H and O–H groups in total. The molecule has 0 amide bonds. The Kier molecular flexibility index (Phi) is 10.3. The van der Waals surface area contributed by atoms with E-state index in [1.165, 1.54) is 31.1 Å². The van der Waals surface area contributed by atoms with Crippen LogP contribution in [0.2, 0.25) is 0 Å². The Balaban J connectivity index is 0.000000861. The number of carbonyl (C=O) groups is 1. The van der Waals surface area contributed by atoms with Crippen LogP contribution in [0.4, 0.5) is 5.69 Å². The van der Waals surface area contributed by atoms with Crippen molar-refractivity contribution in [2.75, 3.05) is 26.1 Å². The molecule has 3 heteroatoms. The lowest BCUT2D eigenvalue weighted by molar-refractivity contribution is -0.141. The van der Waals surface area contributed by atoms with Gasteiger partial charge < -0.3 is 9.64 Å². The van der Waals surface area contributed by atoms with Gasteiger partial charge in [0.1, 0.15) is 0 Å². The normalized spacial score (nSPS) is 11.9. The first-order chi connectivity index (χ1) is 14.4. The van der Waals surface area contributed by atoms with Crippen molar-refractivity contribution in [2.45, 2.75) is 73.6 Å². The average Bonchev–Trinajstić information content (AvgIpc) is 2.70. The summed E-state index contributed by atoms with van der Waals surface area (Å²) in [5.41, 5.74) is 7.57. The second-order valence-corrected chi connectivity index (χ2v) is 10.2. The number of aryl methyl sites for hydroxylation is 2. The molecular formula is C28H43NO2. The second-order valence-electron chi connectivity index (χ2n) is 10.2. The van der Waals surface area contributed by atoms with E-state index in [0.717, 1.165) is 28.8 Å². The number of nitrogens with zero attached hydrogens (tertiary/aromatic N) is 1. The van der Waals surface area contributed by atoms with Crippen LogP contribution in [0.5, 0.6) is 0 Å². The zero-order valence-corrected chi connectivity index (χ0v) is 21.4. The highest BCUT2D eigenvalue weighted by Crippen LogP contribution is 2.34. The van der Waals surface area contributed by atoms with E-state index >= 15 is 0 Å². The van der Waals surface area contributed by atoms with Gasteiger partial charge in [-0.25, -0.2) is 0 Å². The Morgan fingerprint density at radius 2 is 1.68 bits per heavy atom. The fourth-order valence-electron chi connectivity index (χ4n) is 3.23. The quantitative estimate of drug-likeness (QED) is 0.433. The Bertz CT molecular complexity index is 841. The van der Waals surface area contributed by atoms with Crippen molar-refractivity contribution >= 4 is 11.7 Å². The molecule has 0 radical (unpaired) electrons. The van der Waals surface area contributed by atoms with Crippen LogP contribution < -0.4 is 4.90 Å². The molecule has 0 aliphatic heterocycles. The molecule has 2 aromatic carbocycles. The molecule has 0 aromatic heterocycles. The van der Waals surface area contributed by atoms with Crippen LogP contribution in [0.1, 0.15) is 77.0 Å². The van der Waals surface area contributed by atoms with Crippen LogP contribution in [-0.2, 0) is 16.0 Å². The maximum atomic E-state index is 12.2. The number of unbranched alkanes of at least 4 members (excludes halogenated alkanes) is 1. The molecule has 2 aromatic rings. The molecule has 3 nitrogen and oxygen atoms in total. The third-order valence-corrected chi connectivity index (χ3v) is 5.03. The van der Waals surface area contributed by atoms with Crippen LogP contribution in [-0.4, -0.2) is 27.2 Å². The van der Waals surface area contributed by atoms with Gasteiger partial charge in [-0.1, -0.05) is 65.3 Å². The van der Waals surface area contributed by atoms with Gasteiger partial charge in [0.25, 0.3) is 0 Å². The summed E-state index contributed by atoms with van der Waals surface area (Å²) < 4.78 is 5.00. The first-order valence-electron chi connectivity index (χ1n) is 11.4. The molecule has 0 heterocycles. The molecule has 1 atom stereocenters. The van der Waals surface area contributed by atoms with Gasteiger partial charge in [0.05, 0.1) is 13.0 Å². The van der Waals surface area contributed by atoms with Crippen LogP contribution in [0.15, 0.2) is 36.4 Å². The first kappa shape index (κ1) is 26.7. The van der Waals surface area contributed by atoms with Crippen molar-refractivity contribution in [1.29, 1.82) is 0 Å². The largest absolute Gasteiger partial charge is 0.469 e. The predicted molar refractivity (Wildman–Crippen MR) is 135 cm³/mol. The fraction of sp³-hybridized carbons (Fsp3) is 0.536. The van der Waals surface area contributed by atoms with Gasteiger partial charge in [-0.2, -0.15) is 0 Å². The number of carbonyl (C=O) groups excluding carboxylic acids is 1. The van der Waals surface area contributed by atoms with Crippen molar-refractivity contribution in [3.8, 4) is 11.1 Å². The minimum absolute atomic E-state index is 0.208. The highest BCUT2D eigenvalue weighted by molar-refractivity contribution is 5.83. The monoisotopic (exact) mass is 425 g/mol. The summed E-state index contributed by atoms with van der Waals surface area (Å²) in [4.78, 5) is 14.3. The summed E-state index contributed by atoms with van der Waals surface area (Å²) in [7, 11) is 5.47. The van der Waals surface area contributed by atoms with E-state index in [9.17, 15) is 4.79 Å². The number of hydrogen-bond acceptors (Lipinski definition) is 3. The SMILES string of the molecule is CC(C)(C)C.CCCCc1cc(-c2ccc(N(C)C)cc2C(C)C(=O)OC)ccc1C. The molecule has 0 aliphatic rings. The Morgan fingerprint density at radius 3 is 2.19 bits per heavy atom. The summed E-state index contributed by atoms with van der Waals surface area (Å²) >= 11 is 0. The summed E-state index contributed by atoms with van der Waals surface area (Å²) in [5, 5.41) is 0. The van der Waals surface area contributed by atoms with Gasteiger partial charge >= 0.3 is 5.97 Å². The molecule has 1 unspecified atom stereocenters. The molecule has 172 valence electrons.